The summed E-state index contributed by atoms with van der Waals surface area (Å²) in [6.45, 7) is 0. The summed E-state index contributed by atoms with van der Waals surface area (Å²) in [6.07, 6.45) is 5.65. The molecule has 0 saturated heterocycles. The minimum Gasteiger partial charge on any atom is -0.0620 e. The monoisotopic (exact) mass is 488 g/mol. The van der Waals surface area contributed by atoms with Crippen LogP contribution >= 0.6 is 0 Å². The van der Waals surface area contributed by atoms with E-state index in [0.29, 0.717) is 35.5 Å². The van der Waals surface area contributed by atoms with Crippen LogP contribution in [0.3, 0.4) is 0 Å². The normalized spacial score (nSPS) is 34.3. The topological polar surface area (TPSA) is 0 Å². The largest absolute Gasteiger partial charge is 0.0620 e. The van der Waals surface area contributed by atoms with E-state index in [1.54, 1.807) is 44.5 Å². The molecule has 12 rings (SSSR count). The van der Waals surface area contributed by atoms with Crippen molar-refractivity contribution < 1.29 is 0 Å². The average molecular weight is 489 g/mol. The van der Waals surface area contributed by atoms with Crippen molar-refractivity contribution in [1.82, 2.24) is 0 Å². The van der Waals surface area contributed by atoms with Gasteiger partial charge in [-0.25, -0.2) is 0 Å². The summed E-state index contributed by atoms with van der Waals surface area (Å²) >= 11 is 0. The molecule has 0 spiro atoms. The number of hydrogen-bond donors (Lipinski definition) is 0. The summed E-state index contributed by atoms with van der Waals surface area (Å²) < 4.78 is 0. The van der Waals surface area contributed by atoms with Gasteiger partial charge in [-0.1, -0.05) is 121 Å². The van der Waals surface area contributed by atoms with Crippen molar-refractivity contribution in [2.45, 2.75) is 49.4 Å². The lowest BCUT2D eigenvalue weighted by molar-refractivity contribution is 0.0815. The van der Waals surface area contributed by atoms with Crippen LogP contribution < -0.4 is 0 Å². The van der Waals surface area contributed by atoms with Crippen molar-refractivity contribution in [3.05, 3.63) is 153 Å². The maximum Gasteiger partial charge on any atom is 0.0311 e. The molecule has 4 aromatic rings. The molecule has 0 N–H and O–H groups in total. The number of fused-ring (bicyclic) bond motifs is 1. The summed E-state index contributed by atoms with van der Waals surface area (Å²) in [4.78, 5) is 0. The molecule has 38 heavy (non-hydrogen) atoms. The SMILES string of the molecule is c1ccc2c(c1)C1C3=C4C5c6ccccc6C(c6ccccc65)[C@H]4[C@@H]4CCCC[C@@H]4[C@H]3C2c2ccccc21. The molecule has 0 amide bonds. The number of allylic oxidation sites excluding steroid dienone is 2. The van der Waals surface area contributed by atoms with Gasteiger partial charge in [0, 0.05) is 23.7 Å². The van der Waals surface area contributed by atoms with Gasteiger partial charge in [-0.2, -0.15) is 0 Å². The Labute approximate surface area is 225 Å². The zero-order valence-corrected chi connectivity index (χ0v) is 21.7. The lowest BCUT2D eigenvalue weighted by atomic mass is 9.41. The molecule has 4 bridgehead atoms. The summed E-state index contributed by atoms with van der Waals surface area (Å²) in [6, 6.07) is 38.2. The van der Waals surface area contributed by atoms with Crippen LogP contribution in [0.25, 0.3) is 0 Å². The van der Waals surface area contributed by atoms with E-state index >= 15 is 0 Å². The van der Waals surface area contributed by atoms with Crippen LogP contribution in [0, 0.1) is 23.7 Å². The van der Waals surface area contributed by atoms with Gasteiger partial charge in [0.15, 0.2) is 0 Å². The number of benzene rings is 4. The molecule has 0 heterocycles. The highest BCUT2D eigenvalue weighted by atomic mass is 14.6. The molecule has 4 aromatic carbocycles. The quantitative estimate of drug-likeness (QED) is 0.217. The highest BCUT2D eigenvalue weighted by Crippen LogP contribution is 2.72. The standard InChI is InChI=1S/C38H32/c1-5-15-25-21(11-1)31-22-12-2-6-16-26(22)33(25)37-35(31)29-19-9-10-20-30(29)36-32-23-13-3-7-17-27(23)34(38(36)37)28-18-8-4-14-24(28)32/h1-8,11-18,29-36H,9-10,19-20H2/t29-,30+,31?,32?,33?,34?,35-,36+. The maximum absolute atomic E-state index is 2.48. The Morgan fingerprint density at radius 2 is 0.658 bits per heavy atom. The van der Waals surface area contributed by atoms with Gasteiger partial charge in [0.25, 0.3) is 0 Å². The van der Waals surface area contributed by atoms with E-state index in [4.69, 9.17) is 0 Å². The second-order valence-corrected chi connectivity index (χ2v) is 12.9. The molecule has 0 unspecified atom stereocenters. The summed E-state index contributed by atoms with van der Waals surface area (Å²) in [5.74, 6) is 4.84. The Balaban J connectivity index is 1.36. The Hall–Kier alpha value is -3.38. The van der Waals surface area contributed by atoms with E-state index in [0.717, 1.165) is 11.8 Å². The smallest absolute Gasteiger partial charge is 0.0311 e. The minimum atomic E-state index is 0.427. The van der Waals surface area contributed by atoms with Gasteiger partial charge in [0.05, 0.1) is 0 Å². The molecule has 0 nitrogen and oxygen atoms in total. The fourth-order valence-electron chi connectivity index (χ4n) is 10.8. The molecular formula is C38H32. The van der Waals surface area contributed by atoms with Crippen molar-refractivity contribution >= 4 is 0 Å². The molecule has 1 fully saturated rings. The van der Waals surface area contributed by atoms with Crippen molar-refractivity contribution in [3.8, 4) is 0 Å². The first-order valence-corrected chi connectivity index (χ1v) is 15.0. The predicted molar refractivity (Wildman–Crippen MR) is 153 cm³/mol. The summed E-state index contributed by atoms with van der Waals surface area (Å²) in [5, 5.41) is 0. The molecule has 8 aliphatic rings. The van der Waals surface area contributed by atoms with Gasteiger partial charge in [-0.05, 0) is 81.0 Å². The molecule has 184 valence electrons. The van der Waals surface area contributed by atoms with Crippen molar-refractivity contribution in [1.29, 1.82) is 0 Å². The van der Waals surface area contributed by atoms with Gasteiger partial charge >= 0.3 is 0 Å². The van der Waals surface area contributed by atoms with E-state index in [1.165, 1.54) is 25.7 Å². The van der Waals surface area contributed by atoms with E-state index < -0.39 is 0 Å². The molecule has 4 atom stereocenters. The Kier molecular flexibility index (Phi) is 3.88. The lowest BCUT2D eigenvalue weighted by Gasteiger charge is -2.62. The molecule has 8 aliphatic carbocycles. The zero-order valence-electron chi connectivity index (χ0n) is 21.7. The summed E-state index contributed by atoms with van der Waals surface area (Å²) in [5.41, 5.74) is 16.7. The van der Waals surface area contributed by atoms with Gasteiger partial charge < -0.3 is 0 Å². The van der Waals surface area contributed by atoms with E-state index in [1.807, 2.05) is 11.1 Å². The van der Waals surface area contributed by atoms with E-state index in [-0.39, 0.29) is 0 Å². The zero-order chi connectivity index (χ0) is 24.5. The van der Waals surface area contributed by atoms with Crippen molar-refractivity contribution in [2.24, 2.45) is 23.7 Å². The first kappa shape index (κ1) is 20.6. The third kappa shape index (κ3) is 2.28. The van der Waals surface area contributed by atoms with Crippen LogP contribution in [0.4, 0.5) is 0 Å². The third-order valence-electron chi connectivity index (χ3n) is 11.8. The molecular weight excluding hydrogens is 456 g/mol. The molecule has 1 saturated carbocycles. The van der Waals surface area contributed by atoms with Crippen molar-refractivity contribution in [3.63, 3.8) is 0 Å². The average Bonchev–Trinajstić information content (AvgIpc) is 3.00. The van der Waals surface area contributed by atoms with E-state index in [2.05, 4.69) is 97.1 Å². The first-order valence-electron chi connectivity index (χ1n) is 15.0. The Morgan fingerprint density at radius 3 is 0.974 bits per heavy atom. The molecule has 0 radical (unpaired) electrons. The van der Waals surface area contributed by atoms with E-state index in [9.17, 15) is 0 Å². The molecule has 0 aromatic heterocycles. The second-order valence-electron chi connectivity index (χ2n) is 12.9. The maximum atomic E-state index is 2.48. The molecule has 0 aliphatic heterocycles. The highest BCUT2D eigenvalue weighted by molar-refractivity contribution is 5.70. The Morgan fingerprint density at radius 1 is 0.368 bits per heavy atom. The fraction of sp³-hybridized carbons (Fsp3) is 0.316. The minimum absolute atomic E-state index is 0.427. The second kappa shape index (κ2) is 7.17. The van der Waals surface area contributed by atoms with Gasteiger partial charge in [0.2, 0.25) is 0 Å². The van der Waals surface area contributed by atoms with Crippen molar-refractivity contribution in [2.75, 3.05) is 0 Å². The van der Waals surface area contributed by atoms with Gasteiger partial charge in [0.1, 0.15) is 0 Å². The van der Waals surface area contributed by atoms with Crippen LogP contribution in [0.15, 0.2) is 108 Å². The van der Waals surface area contributed by atoms with Crippen LogP contribution in [-0.2, 0) is 0 Å². The van der Waals surface area contributed by atoms with Crippen LogP contribution in [0.2, 0.25) is 0 Å². The predicted octanol–water partition coefficient (Wildman–Crippen LogP) is 8.92. The number of hydrogen-bond acceptors (Lipinski definition) is 0. The third-order valence-corrected chi connectivity index (χ3v) is 11.8. The Bertz CT molecular complexity index is 1470. The van der Waals surface area contributed by atoms with Crippen LogP contribution in [0.1, 0.15) is 93.9 Å². The number of rotatable bonds is 0. The molecule has 0 heteroatoms. The van der Waals surface area contributed by atoms with Gasteiger partial charge in [-0.3, -0.25) is 0 Å². The first-order chi connectivity index (χ1) is 18.9. The van der Waals surface area contributed by atoms with Crippen LogP contribution in [-0.4, -0.2) is 0 Å². The highest BCUT2D eigenvalue weighted by Gasteiger charge is 2.61. The summed E-state index contributed by atoms with van der Waals surface area (Å²) in [7, 11) is 0. The van der Waals surface area contributed by atoms with Gasteiger partial charge in [-0.15, -0.1) is 0 Å². The lowest BCUT2D eigenvalue weighted by Crippen LogP contribution is -2.52. The van der Waals surface area contributed by atoms with Crippen LogP contribution in [0.5, 0.6) is 0 Å². The fourth-order valence-corrected chi connectivity index (χ4v) is 10.8.